The van der Waals surface area contributed by atoms with Gasteiger partial charge < -0.3 is 0 Å². The van der Waals surface area contributed by atoms with Crippen LogP contribution >= 0.6 is 0 Å². The molecule has 26 heavy (non-hydrogen) atoms. The Hall–Kier alpha value is -1.44. The number of aryl methyl sites for hydroxylation is 2. The van der Waals surface area contributed by atoms with Crippen molar-refractivity contribution in [3.05, 3.63) is 49.1 Å². The predicted molar refractivity (Wildman–Crippen MR) is 63.6 cm³/mol. The highest BCUT2D eigenvalue weighted by Gasteiger charge is 2.03. The van der Waals surface area contributed by atoms with Crippen molar-refractivity contribution < 1.29 is 66.9 Å². The highest BCUT2D eigenvalue weighted by molar-refractivity contribution is 5.60. The zero-order chi connectivity index (χ0) is 20.4. The standard InChI is InChI=1S/C14H18N2.2ClHO4/c1-3-15-9-5-13(6-10-15)14-7-11-16(4-2)12-8-14;2*2-1(3,4)5/h5-12H,3-4H2,1-2H3;2*(H,2,3,4,5)/q+2;;/p-2. The fraction of sp³-hybridized carbons (Fsp3) is 0.286. The van der Waals surface area contributed by atoms with E-state index >= 15 is 0 Å². The zero-order valence-corrected chi connectivity index (χ0v) is 15.5. The van der Waals surface area contributed by atoms with Gasteiger partial charge in [0.2, 0.25) is 0 Å². The summed E-state index contributed by atoms with van der Waals surface area (Å²) in [6.45, 7) is 6.33. The lowest BCUT2D eigenvalue weighted by Crippen LogP contribution is -2.68. The molecule has 0 unspecified atom stereocenters. The Morgan fingerprint density at radius 3 is 0.923 bits per heavy atom. The van der Waals surface area contributed by atoms with Crippen molar-refractivity contribution in [1.29, 1.82) is 0 Å². The maximum absolute atomic E-state index is 8.49. The van der Waals surface area contributed by atoms with Crippen molar-refractivity contribution in [2.75, 3.05) is 0 Å². The van der Waals surface area contributed by atoms with Crippen LogP contribution < -0.4 is 46.4 Å². The van der Waals surface area contributed by atoms with Crippen LogP contribution in [0.5, 0.6) is 0 Å². The molecule has 0 N–H and O–H groups in total. The van der Waals surface area contributed by atoms with Gasteiger partial charge in [-0.3, -0.25) is 0 Å². The van der Waals surface area contributed by atoms with E-state index in [2.05, 4.69) is 72.0 Å². The Kier molecular flexibility index (Phi) is 10.7. The molecule has 10 nitrogen and oxygen atoms in total. The summed E-state index contributed by atoms with van der Waals surface area (Å²) in [4.78, 5) is 0. The van der Waals surface area contributed by atoms with E-state index in [0.717, 1.165) is 13.1 Å². The molecule has 0 saturated heterocycles. The van der Waals surface area contributed by atoms with E-state index in [1.54, 1.807) is 0 Å². The molecule has 0 bridgehead atoms. The predicted octanol–water partition coefficient (Wildman–Crippen LogP) is -7.54. The summed E-state index contributed by atoms with van der Waals surface area (Å²) in [5, 5.41) is 0. The van der Waals surface area contributed by atoms with Gasteiger partial charge in [-0.25, -0.2) is 46.4 Å². The molecule has 0 fully saturated rings. The smallest absolute Gasteiger partial charge is 0.169 e. The fourth-order valence-corrected chi connectivity index (χ4v) is 1.72. The van der Waals surface area contributed by atoms with Crippen LogP contribution in [-0.2, 0) is 13.1 Å². The highest BCUT2D eigenvalue weighted by atomic mass is 35.7. The first-order valence-corrected chi connectivity index (χ1v) is 9.52. The molecule has 12 heteroatoms. The molecule has 0 spiro atoms. The van der Waals surface area contributed by atoms with Gasteiger partial charge in [0.1, 0.15) is 13.1 Å². The monoisotopic (exact) mass is 412 g/mol. The zero-order valence-electron chi connectivity index (χ0n) is 13.9. The molecular weight excluding hydrogens is 395 g/mol. The number of halogens is 2. The van der Waals surface area contributed by atoms with Crippen LogP contribution in [0.2, 0.25) is 0 Å². The minimum Gasteiger partial charge on any atom is -0.222 e. The van der Waals surface area contributed by atoms with Gasteiger partial charge >= 0.3 is 0 Å². The third-order valence-electron chi connectivity index (χ3n) is 2.85. The molecule has 0 aromatic carbocycles. The van der Waals surface area contributed by atoms with E-state index < -0.39 is 20.5 Å². The quantitative estimate of drug-likeness (QED) is 0.443. The number of pyridine rings is 2. The average Bonchev–Trinajstić information content (AvgIpc) is 2.52. The second-order valence-corrected chi connectivity index (χ2v) is 6.10. The Bertz CT molecular complexity index is 558. The first kappa shape index (κ1) is 24.6. The van der Waals surface area contributed by atoms with Crippen LogP contribution in [-0.4, -0.2) is 0 Å². The first-order valence-electron chi connectivity index (χ1n) is 7.05. The van der Waals surface area contributed by atoms with Crippen LogP contribution in [0.4, 0.5) is 0 Å². The molecule has 0 aliphatic carbocycles. The third-order valence-corrected chi connectivity index (χ3v) is 2.85. The van der Waals surface area contributed by atoms with Crippen molar-refractivity contribution >= 4 is 0 Å². The van der Waals surface area contributed by atoms with Crippen LogP contribution in [0, 0.1) is 20.5 Å². The lowest BCUT2D eigenvalue weighted by Gasteiger charge is -2.17. The van der Waals surface area contributed by atoms with Crippen molar-refractivity contribution in [2.24, 2.45) is 0 Å². The largest absolute Gasteiger partial charge is 0.222 e. The van der Waals surface area contributed by atoms with Gasteiger partial charge in [0.25, 0.3) is 0 Å². The highest BCUT2D eigenvalue weighted by Crippen LogP contribution is 2.15. The summed E-state index contributed by atoms with van der Waals surface area (Å²) >= 11 is 0. The molecule has 0 amide bonds. The molecule has 2 rings (SSSR count). The van der Waals surface area contributed by atoms with E-state index in [-0.39, 0.29) is 0 Å². The Balaban J connectivity index is 0.000000520. The van der Waals surface area contributed by atoms with E-state index in [1.165, 1.54) is 11.1 Å². The summed E-state index contributed by atoms with van der Waals surface area (Å²) in [5.41, 5.74) is 2.54. The molecule has 2 heterocycles. The molecule has 0 radical (unpaired) electrons. The Morgan fingerprint density at radius 2 is 0.769 bits per heavy atom. The van der Waals surface area contributed by atoms with Gasteiger partial charge in [-0.2, -0.15) is 0 Å². The average molecular weight is 413 g/mol. The number of rotatable bonds is 3. The fourth-order valence-electron chi connectivity index (χ4n) is 1.72. The van der Waals surface area contributed by atoms with Crippen LogP contribution in [0.1, 0.15) is 13.8 Å². The van der Waals surface area contributed by atoms with Crippen molar-refractivity contribution in [3.8, 4) is 11.1 Å². The summed E-state index contributed by atoms with van der Waals surface area (Å²) in [6.07, 6.45) is 8.48. The van der Waals surface area contributed by atoms with Gasteiger partial charge in [-0.15, -0.1) is 20.5 Å². The van der Waals surface area contributed by atoms with Gasteiger partial charge in [0.15, 0.2) is 24.8 Å². The second-order valence-electron chi connectivity index (χ2n) is 4.59. The topological polar surface area (TPSA) is 192 Å². The molecule has 2 aromatic heterocycles. The van der Waals surface area contributed by atoms with E-state index in [0.29, 0.717) is 0 Å². The van der Waals surface area contributed by atoms with Crippen molar-refractivity contribution in [2.45, 2.75) is 26.9 Å². The SMILES string of the molecule is CC[n+]1ccc(-c2cc[n+](CC)cc2)cc1.[O-][Cl+3]([O-])([O-])[O-].[O-][Cl+3]([O-])([O-])[O-]. The summed E-state index contributed by atoms with van der Waals surface area (Å²) in [7, 11) is -9.89. The normalized spacial score (nSPS) is 11.0. The first-order chi connectivity index (χ1) is 11.8. The van der Waals surface area contributed by atoms with E-state index in [1.807, 2.05) is 0 Å². The molecule has 0 atom stereocenters. The Labute approximate surface area is 154 Å². The Morgan fingerprint density at radius 1 is 0.577 bits per heavy atom. The second kappa shape index (κ2) is 11.3. The lowest BCUT2D eigenvalue weighted by molar-refractivity contribution is -2.00. The maximum atomic E-state index is 8.49. The number of hydrogen-bond donors (Lipinski definition) is 0. The lowest BCUT2D eigenvalue weighted by atomic mass is 10.1. The molecule has 2 aromatic rings. The number of aromatic nitrogens is 2. The summed E-state index contributed by atoms with van der Waals surface area (Å²) in [5.74, 6) is 0. The molecular formula is C14H18Cl2N2O8. The third kappa shape index (κ3) is 14.9. The van der Waals surface area contributed by atoms with Gasteiger partial charge in [0, 0.05) is 24.3 Å². The minimum atomic E-state index is -4.94. The van der Waals surface area contributed by atoms with Crippen LogP contribution in [0.25, 0.3) is 11.1 Å². The van der Waals surface area contributed by atoms with Crippen molar-refractivity contribution in [1.82, 2.24) is 0 Å². The van der Waals surface area contributed by atoms with E-state index in [4.69, 9.17) is 37.3 Å². The van der Waals surface area contributed by atoms with Gasteiger partial charge in [0.05, 0.1) is 0 Å². The summed E-state index contributed by atoms with van der Waals surface area (Å²) < 4.78 is 72.3. The van der Waals surface area contributed by atoms with Crippen molar-refractivity contribution in [3.63, 3.8) is 0 Å². The molecule has 0 aliphatic rings. The molecule has 146 valence electrons. The van der Waals surface area contributed by atoms with Crippen LogP contribution in [0.3, 0.4) is 0 Å². The number of nitrogens with zero attached hydrogens (tertiary/aromatic N) is 2. The number of hydrogen-bond acceptors (Lipinski definition) is 8. The van der Waals surface area contributed by atoms with Gasteiger partial charge in [-0.1, -0.05) is 0 Å². The molecule has 0 aliphatic heterocycles. The summed E-state index contributed by atoms with van der Waals surface area (Å²) in [6, 6.07) is 8.65. The maximum Gasteiger partial charge on any atom is 0.169 e. The van der Waals surface area contributed by atoms with Gasteiger partial charge in [-0.05, 0) is 25.0 Å². The van der Waals surface area contributed by atoms with Crippen LogP contribution in [0.15, 0.2) is 49.1 Å². The van der Waals surface area contributed by atoms with E-state index in [9.17, 15) is 0 Å². The molecule has 0 saturated carbocycles. The minimum absolute atomic E-state index is 1.02.